The van der Waals surface area contributed by atoms with Gasteiger partial charge in [0.15, 0.2) is 0 Å². The zero-order valence-corrected chi connectivity index (χ0v) is 8.69. The Morgan fingerprint density at radius 1 is 1.31 bits per heavy atom. The maximum absolute atomic E-state index is 5.88. The van der Waals surface area contributed by atoms with Crippen LogP contribution in [0.2, 0.25) is 5.02 Å². The molecule has 0 fully saturated rings. The fraction of sp³-hybridized carbons (Fsp3) is 0.400. The van der Waals surface area contributed by atoms with Gasteiger partial charge in [-0.3, -0.25) is 0 Å². The first-order valence-electron chi connectivity index (χ1n) is 4.24. The average Bonchev–Trinajstić information content (AvgIpc) is 2.02. The van der Waals surface area contributed by atoms with Crippen LogP contribution in [0.5, 0.6) is 5.75 Å². The van der Waals surface area contributed by atoms with Gasteiger partial charge in [0.25, 0.3) is 0 Å². The molecular formula is C10H14ClNO. The van der Waals surface area contributed by atoms with E-state index >= 15 is 0 Å². The summed E-state index contributed by atoms with van der Waals surface area (Å²) in [6, 6.07) is 3.78. The average molecular weight is 200 g/mol. The van der Waals surface area contributed by atoms with Crippen molar-refractivity contribution in [2.24, 2.45) is 5.73 Å². The Morgan fingerprint density at radius 3 is 2.31 bits per heavy atom. The Balaban J connectivity index is 2.92. The summed E-state index contributed by atoms with van der Waals surface area (Å²) in [7, 11) is 0. The Labute approximate surface area is 83.6 Å². The van der Waals surface area contributed by atoms with Gasteiger partial charge in [0.1, 0.15) is 12.4 Å². The summed E-state index contributed by atoms with van der Waals surface area (Å²) >= 11 is 5.88. The topological polar surface area (TPSA) is 35.2 Å². The molecule has 0 aliphatic rings. The van der Waals surface area contributed by atoms with Gasteiger partial charge < -0.3 is 10.5 Å². The smallest absolute Gasteiger partial charge is 0.125 e. The number of hydrogen-bond acceptors (Lipinski definition) is 2. The van der Waals surface area contributed by atoms with E-state index in [4.69, 9.17) is 22.1 Å². The fourth-order valence-corrected chi connectivity index (χ4v) is 1.61. The highest BCUT2D eigenvalue weighted by Gasteiger charge is 2.04. The van der Waals surface area contributed by atoms with E-state index in [1.54, 1.807) is 0 Å². The Bertz CT molecular complexity index is 276. The van der Waals surface area contributed by atoms with E-state index in [2.05, 4.69) is 0 Å². The molecule has 0 spiro atoms. The molecule has 0 heterocycles. The molecule has 0 amide bonds. The van der Waals surface area contributed by atoms with E-state index in [0.717, 1.165) is 21.9 Å². The predicted octanol–water partition coefficient (Wildman–Crippen LogP) is 2.29. The van der Waals surface area contributed by atoms with Gasteiger partial charge in [0.05, 0.1) is 0 Å². The minimum atomic E-state index is 0.529. The van der Waals surface area contributed by atoms with Crippen molar-refractivity contribution < 1.29 is 4.74 Å². The van der Waals surface area contributed by atoms with Crippen molar-refractivity contribution in [3.63, 3.8) is 0 Å². The van der Waals surface area contributed by atoms with Crippen molar-refractivity contribution in [2.45, 2.75) is 13.8 Å². The monoisotopic (exact) mass is 199 g/mol. The quantitative estimate of drug-likeness (QED) is 0.811. The third-order valence-electron chi connectivity index (χ3n) is 1.79. The van der Waals surface area contributed by atoms with Crippen molar-refractivity contribution in [1.82, 2.24) is 0 Å². The number of rotatable bonds is 3. The summed E-state index contributed by atoms with van der Waals surface area (Å²) in [6.45, 7) is 5.03. The van der Waals surface area contributed by atoms with Crippen LogP contribution in [0.15, 0.2) is 12.1 Å². The third-order valence-corrected chi connectivity index (χ3v) is 2.01. The van der Waals surface area contributed by atoms with Crippen LogP contribution < -0.4 is 10.5 Å². The lowest BCUT2D eigenvalue weighted by Crippen LogP contribution is -2.11. The van der Waals surface area contributed by atoms with Crippen LogP contribution in [-0.4, -0.2) is 13.2 Å². The summed E-state index contributed by atoms with van der Waals surface area (Å²) in [6.07, 6.45) is 0. The largest absolute Gasteiger partial charge is 0.492 e. The summed E-state index contributed by atoms with van der Waals surface area (Å²) in [4.78, 5) is 0. The van der Waals surface area contributed by atoms with E-state index in [1.165, 1.54) is 0 Å². The van der Waals surface area contributed by atoms with Gasteiger partial charge in [-0.05, 0) is 37.1 Å². The first kappa shape index (κ1) is 10.4. The Hall–Kier alpha value is -0.730. The number of aryl methyl sites for hydroxylation is 2. The standard InChI is InChI=1S/C10H14ClNO/c1-7-5-9(11)6-8(2)10(7)13-4-3-12/h5-6H,3-4,12H2,1-2H3. The molecule has 3 heteroatoms. The van der Waals surface area contributed by atoms with Gasteiger partial charge in [0.2, 0.25) is 0 Å². The summed E-state index contributed by atoms with van der Waals surface area (Å²) in [5, 5.41) is 0.745. The first-order chi connectivity index (χ1) is 6.15. The van der Waals surface area contributed by atoms with Crippen molar-refractivity contribution in [3.8, 4) is 5.75 Å². The molecule has 0 saturated carbocycles. The van der Waals surface area contributed by atoms with Crippen LogP contribution in [0, 0.1) is 13.8 Å². The highest BCUT2D eigenvalue weighted by molar-refractivity contribution is 6.30. The predicted molar refractivity (Wildman–Crippen MR) is 55.5 cm³/mol. The van der Waals surface area contributed by atoms with Crippen LogP contribution in [0.25, 0.3) is 0 Å². The second-order valence-electron chi connectivity index (χ2n) is 3.01. The molecule has 13 heavy (non-hydrogen) atoms. The summed E-state index contributed by atoms with van der Waals surface area (Å²) in [5.41, 5.74) is 7.46. The molecule has 1 aromatic carbocycles. The molecule has 0 aliphatic heterocycles. The maximum Gasteiger partial charge on any atom is 0.125 e. The second-order valence-corrected chi connectivity index (χ2v) is 3.44. The van der Waals surface area contributed by atoms with Crippen LogP contribution >= 0.6 is 11.6 Å². The Kier molecular flexibility index (Phi) is 3.58. The molecule has 0 bridgehead atoms. The van der Waals surface area contributed by atoms with Gasteiger partial charge in [-0.2, -0.15) is 0 Å². The molecule has 2 nitrogen and oxygen atoms in total. The molecular weight excluding hydrogens is 186 g/mol. The van der Waals surface area contributed by atoms with Crippen LogP contribution in [0.4, 0.5) is 0 Å². The molecule has 72 valence electrons. The van der Waals surface area contributed by atoms with E-state index in [1.807, 2.05) is 26.0 Å². The first-order valence-corrected chi connectivity index (χ1v) is 4.62. The second kappa shape index (κ2) is 4.49. The zero-order valence-electron chi connectivity index (χ0n) is 7.93. The van der Waals surface area contributed by atoms with Gasteiger partial charge in [-0.1, -0.05) is 11.6 Å². The molecule has 0 unspecified atom stereocenters. The molecule has 1 aromatic rings. The molecule has 0 aromatic heterocycles. The van der Waals surface area contributed by atoms with Crippen LogP contribution in [0.3, 0.4) is 0 Å². The van der Waals surface area contributed by atoms with Gasteiger partial charge in [-0.15, -0.1) is 0 Å². The minimum Gasteiger partial charge on any atom is -0.492 e. The lowest BCUT2D eigenvalue weighted by molar-refractivity contribution is 0.324. The number of hydrogen-bond donors (Lipinski definition) is 1. The lowest BCUT2D eigenvalue weighted by atomic mass is 10.1. The zero-order chi connectivity index (χ0) is 9.84. The molecule has 0 saturated heterocycles. The molecule has 0 aliphatic carbocycles. The maximum atomic E-state index is 5.88. The van der Waals surface area contributed by atoms with Crippen molar-refractivity contribution in [3.05, 3.63) is 28.3 Å². The normalized spacial score (nSPS) is 10.2. The van der Waals surface area contributed by atoms with Crippen LogP contribution in [-0.2, 0) is 0 Å². The fourth-order valence-electron chi connectivity index (χ4n) is 1.29. The van der Waals surface area contributed by atoms with Crippen molar-refractivity contribution >= 4 is 11.6 Å². The van der Waals surface area contributed by atoms with Gasteiger partial charge >= 0.3 is 0 Å². The van der Waals surface area contributed by atoms with Crippen LogP contribution in [0.1, 0.15) is 11.1 Å². The van der Waals surface area contributed by atoms with E-state index in [-0.39, 0.29) is 0 Å². The third kappa shape index (κ3) is 2.61. The molecule has 0 atom stereocenters. The summed E-state index contributed by atoms with van der Waals surface area (Å²) in [5.74, 6) is 0.898. The van der Waals surface area contributed by atoms with Gasteiger partial charge in [0, 0.05) is 11.6 Å². The van der Waals surface area contributed by atoms with E-state index < -0.39 is 0 Å². The number of ether oxygens (including phenoxy) is 1. The lowest BCUT2D eigenvalue weighted by Gasteiger charge is -2.11. The highest BCUT2D eigenvalue weighted by Crippen LogP contribution is 2.26. The van der Waals surface area contributed by atoms with Crippen molar-refractivity contribution in [1.29, 1.82) is 0 Å². The molecule has 1 rings (SSSR count). The van der Waals surface area contributed by atoms with E-state index in [9.17, 15) is 0 Å². The number of benzene rings is 1. The molecule has 2 N–H and O–H groups in total. The van der Waals surface area contributed by atoms with E-state index in [0.29, 0.717) is 13.2 Å². The van der Waals surface area contributed by atoms with Gasteiger partial charge in [-0.25, -0.2) is 0 Å². The minimum absolute atomic E-state index is 0.529. The summed E-state index contributed by atoms with van der Waals surface area (Å²) < 4.78 is 5.49. The number of halogens is 1. The SMILES string of the molecule is Cc1cc(Cl)cc(C)c1OCCN. The number of nitrogens with two attached hydrogens (primary N) is 1. The Morgan fingerprint density at radius 2 is 1.85 bits per heavy atom. The van der Waals surface area contributed by atoms with Crippen molar-refractivity contribution in [2.75, 3.05) is 13.2 Å². The highest BCUT2D eigenvalue weighted by atomic mass is 35.5. The molecule has 0 radical (unpaired) electrons.